The average Bonchev–Trinajstić information content (AvgIpc) is 3.20. The first-order valence-electron chi connectivity index (χ1n) is 11.6. The first-order chi connectivity index (χ1) is 17.8. The molecule has 0 radical (unpaired) electrons. The molecule has 13 heteroatoms. The molecule has 11 nitrogen and oxygen atoms in total. The Morgan fingerprint density at radius 2 is 1.84 bits per heavy atom. The number of aromatic nitrogens is 3. The molecule has 1 aliphatic rings. The fraction of sp³-hybridized carbons (Fsp3) is 0.320. The number of anilines is 1. The van der Waals surface area contributed by atoms with Crippen molar-refractivity contribution in [3.05, 3.63) is 63.4 Å². The number of hydrogen-bond acceptors (Lipinski definition) is 6. The Bertz CT molecular complexity index is 1410. The quantitative estimate of drug-likeness (QED) is 0.405. The molecule has 0 spiro atoms. The van der Waals surface area contributed by atoms with Crippen molar-refractivity contribution >= 4 is 46.8 Å². The molecule has 0 bridgehead atoms. The standard InChI is InChI=1S/C25H26Cl2N6O5/c1-13-8-14(26)9-16(22(34)30-25(2,3)4)20(13)29-23(35)18-10-19(38-15-11-32(12-15)24(36)37)31-33(18)21-17(27)6-5-7-28-21/h5-10,15H,11-12H2,1-4H3,(H,29,35)(H,30,34)(H,36,37). The molecule has 2 aromatic heterocycles. The highest BCUT2D eigenvalue weighted by atomic mass is 35.5. The van der Waals surface area contributed by atoms with Gasteiger partial charge in [-0.05, 0) is 57.5 Å². The molecule has 3 aromatic rings. The number of ether oxygens (including phenoxy) is 1. The van der Waals surface area contributed by atoms with Crippen LogP contribution in [-0.2, 0) is 0 Å². The second-order valence-electron chi connectivity index (χ2n) is 9.82. The van der Waals surface area contributed by atoms with Crippen molar-refractivity contribution in [2.24, 2.45) is 0 Å². The van der Waals surface area contributed by atoms with E-state index in [9.17, 15) is 14.4 Å². The number of nitrogens with one attached hydrogen (secondary N) is 2. The minimum absolute atomic E-state index is 0.0338. The molecule has 0 saturated carbocycles. The topological polar surface area (TPSA) is 139 Å². The van der Waals surface area contributed by atoms with Gasteiger partial charge in [0.15, 0.2) is 5.82 Å². The van der Waals surface area contributed by atoms with Gasteiger partial charge in [-0.1, -0.05) is 23.2 Å². The maximum atomic E-state index is 13.6. The van der Waals surface area contributed by atoms with Crippen molar-refractivity contribution in [1.29, 1.82) is 0 Å². The fourth-order valence-corrected chi connectivity index (χ4v) is 4.26. The molecule has 0 atom stereocenters. The second kappa shape index (κ2) is 10.5. The molecule has 38 heavy (non-hydrogen) atoms. The van der Waals surface area contributed by atoms with Crippen LogP contribution in [0.2, 0.25) is 10.0 Å². The smallest absolute Gasteiger partial charge is 0.407 e. The zero-order valence-electron chi connectivity index (χ0n) is 21.1. The van der Waals surface area contributed by atoms with Crippen LogP contribution in [0.5, 0.6) is 5.88 Å². The Morgan fingerprint density at radius 1 is 1.13 bits per heavy atom. The Labute approximate surface area is 228 Å². The lowest BCUT2D eigenvalue weighted by Gasteiger charge is -2.36. The lowest BCUT2D eigenvalue weighted by atomic mass is 10.0. The average molecular weight is 561 g/mol. The van der Waals surface area contributed by atoms with Gasteiger partial charge in [0.05, 0.1) is 29.4 Å². The molecule has 3 N–H and O–H groups in total. The first-order valence-corrected chi connectivity index (χ1v) is 12.4. The third kappa shape index (κ3) is 6.00. The third-order valence-corrected chi connectivity index (χ3v) is 6.05. The number of amides is 3. The van der Waals surface area contributed by atoms with Crippen LogP contribution in [0, 0.1) is 6.92 Å². The molecule has 3 heterocycles. The zero-order chi connectivity index (χ0) is 27.8. The van der Waals surface area contributed by atoms with E-state index in [2.05, 4.69) is 20.7 Å². The number of rotatable bonds is 6. The predicted molar refractivity (Wildman–Crippen MR) is 142 cm³/mol. The minimum atomic E-state index is -1.04. The van der Waals surface area contributed by atoms with E-state index in [1.54, 1.807) is 25.1 Å². The van der Waals surface area contributed by atoms with Crippen LogP contribution in [0.1, 0.15) is 47.2 Å². The first kappa shape index (κ1) is 27.2. The van der Waals surface area contributed by atoms with Crippen molar-refractivity contribution < 1.29 is 24.2 Å². The lowest BCUT2D eigenvalue weighted by molar-refractivity contribution is 0.0226. The maximum Gasteiger partial charge on any atom is 0.407 e. The summed E-state index contributed by atoms with van der Waals surface area (Å²) in [6.07, 6.45) is 0.0381. The normalized spacial score (nSPS) is 13.6. The van der Waals surface area contributed by atoms with Crippen LogP contribution in [0.4, 0.5) is 10.5 Å². The van der Waals surface area contributed by atoms with E-state index in [1.807, 2.05) is 20.8 Å². The lowest BCUT2D eigenvalue weighted by Crippen LogP contribution is -2.55. The minimum Gasteiger partial charge on any atom is -0.469 e. The van der Waals surface area contributed by atoms with Gasteiger partial charge in [-0.2, -0.15) is 0 Å². The van der Waals surface area contributed by atoms with Crippen LogP contribution in [0.3, 0.4) is 0 Å². The summed E-state index contributed by atoms with van der Waals surface area (Å²) in [4.78, 5) is 43.1. The molecular formula is C25H26Cl2N6O5. The van der Waals surface area contributed by atoms with Gasteiger partial charge in [0, 0.05) is 22.8 Å². The number of carboxylic acid groups (broad SMARTS) is 1. The molecule has 4 rings (SSSR count). The molecule has 1 fully saturated rings. The summed E-state index contributed by atoms with van der Waals surface area (Å²) in [5, 5.41) is 19.7. The van der Waals surface area contributed by atoms with Crippen molar-refractivity contribution in [3.8, 4) is 11.7 Å². The van der Waals surface area contributed by atoms with E-state index in [0.717, 1.165) is 0 Å². The number of benzene rings is 1. The summed E-state index contributed by atoms with van der Waals surface area (Å²) in [6.45, 7) is 7.59. The zero-order valence-corrected chi connectivity index (χ0v) is 22.6. The maximum absolute atomic E-state index is 13.6. The second-order valence-corrected chi connectivity index (χ2v) is 10.7. The monoisotopic (exact) mass is 560 g/mol. The van der Waals surface area contributed by atoms with Crippen LogP contribution in [0.15, 0.2) is 36.5 Å². The molecule has 200 valence electrons. The highest BCUT2D eigenvalue weighted by Gasteiger charge is 2.33. The molecule has 1 aromatic carbocycles. The van der Waals surface area contributed by atoms with E-state index in [1.165, 1.54) is 27.9 Å². The van der Waals surface area contributed by atoms with Crippen LogP contribution >= 0.6 is 23.2 Å². The highest BCUT2D eigenvalue weighted by Crippen LogP contribution is 2.29. The summed E-state index contributed by atoms with van der Waals surface area (Å²) in [6, 6.07) is 7.76. The number of carbonyl (C=O) groups excluding carboxylic acids is 2. The van der Waals surface area contributed by atoms with Gasteiger partial charge in [-0.15, -0.1) is 5.10 Å². The van der Waals surface area contributed by atoms with Crippen molar-refractivity contribution in [1.82, 2.24) is 25.0 Å². The van der Waals surface area contributed by atoms with Gasteiger partial charge in [0.25, 0.3) is 11.8 Å². The molecule has 1 aliphatic heterocycles. The molecule has 3 amide bonds. The largest absolute Gasteiger partial charge is 0.469 e. The number of nitrogens with zero attached hydrogens (tertiary/aromatic N) is 4. The Balaban J connectivity index is 1.68. The number of aryl methyl sites for hydroxylation is 1. The van der Waals surface area contributed by atoms with Crippen molar-refractivity contribution in [2.45, 2.75) is 39.3 Å². The van der Waals surface area contributed by atoms with Crippen LogP contribution in [0.25, 0.3) is 5.82 Å². The van der Waals surface area contributed by atoms with Gasteiger partial charge < -0.3 is 25.4 Å². The van der Waals surface area contributed by atoms with E-state index in [0.29, 0.717) is 10.6 Å². The number of carbonyl (C=O) groups is 3. The number of likely N-dealkylation sites (tertiary alicyclic amines) is 1. The van der Waals surface area contributed by atoms with E-state index in [4.69, 9.17) is 33.0 Å². The van der Waals surface area contributed by atoms with Gasteiger partial charge in [-0.3, -0.25) is 9.59 Å². The summed E-state index contributed by atoms with van der Waals surface area (Å²) in [5.41, 5.74) is 0.560. The van der Waals surface area contributed by atoms with Crippen molar-refractivity contribution in [3.63, 3.8) is 0 Å². The highest BCUT2D eigenvalue weighted by molar-refractivity contribution is 6.32. The molecular weight excluding hydrogens is 535 g/mol. The fourth-order valence-electron chi connectivity index (χ4n) is 3.79. The molecule has 0 unspecified atom stereocenters. The van der Waals surface area contributed by atoms with Crippen LogP contribution in [-0.4, -0.2) is 67.4 Å². The van der Waals surface area contributed by atoms with E-state index >= 15 is 0 Å². The van der Waals surface area contributed by atoms with E-state index < -0.39 is 29.6 Å². The van der Waals surface area contributed by atoms with Crippen LogP contribution < -0.4 is 15.4 Å². The Kier molecular flexibility index (Phi) is 7.52. The van der Waals surface area contributed by atoms with E-state index in [-0.39, 0.29) is 46.8 Å². The molecule has 1 saturated heterocycles. The summed E-state index contributed by atoms with van der Waals surface area (Å²) >= 11 is 12.6. The van der Waals surface area contributed by atoms with Crippen molar-refractivity contribution in [2.75, 3.05) is 18.4 Å². The third-order valence-electron chi connectivity index (χ3n) is 5.54. The Morgan fingerprint density at radius 3 is 2.47 bits per heavy atom. The number of hydrogen-bond donors (Lipinski definition) is 3. The SMILES string of the molecule is Cc1cc(Cl)cc(C(=O)NC(C)(C)C)c1NC(=O)c1cc(OC2CN(C(=O)O)C2)nn1-c1ncccc1Cl. The van der Waals surface area contributed by atoms with Gasteiger partial charge in [0.1, 0.15) is 11.8 Å². The summed E-state index contributed by atoms with van der Waals surface area (Å²) in [7, 11) is 0. The van der Waals surface area contributed by atoms with Gasteiger partial charge in [-0.25, -0.2) is 14.5 Å². The molecule has 0 aliphatic carbocycles. The van der Waals surface area contributed by atoms with Gasteiger partial charge in [0.2, 0.25) is 5.88 Å². The number of halogens is 2. The Hall–Kier alpha value is -3.83. The van der Waals surface area contributed by atoms with Gasteiger partial charge >= 0.3 is 6.09 Å². The predicted octanol–water partition coefficient (Wildman–Crippen LogP) is 4.40. The summed E-state index contributed by atoms with van der Waals surface area (Å²) in [5.74, 6) is -0.736. The summed E-state index contributed by atoms with van der Waals surface area (Å²) < 4.78 is 7.04. The number of pyridine rings is 1.